The van der Waals surface area contributed by atoms with E-state index in [0.717, 1.165) is 13.0 Å². The third kappa shape index (κ3) is 1.81. The van der Waals surface area contributed by atoms with Crippen LogP contribution in [-0.4, -0.2) is 18.9 Å². The number of hydrogen-bond donors (Lipinski definition) is 1. The second-order valence-electron chi connectivity index (χ2n) is 3.84. The second kappa shape index (κ2) is 2.70. The van der Waals surface area contributed by atoms with Crippen molar-refractivity contribution >= 4 is 6.21 Å². The minimum Gasteiger partial charge on any atom is -0.295 e. The molecule has 0 fully saturated rings. The van der Waals surface area contributed by atoms with Gasteiger partial charge in [-0.1, -0.05) is 20.8 Å². The van der Waals surface area contributed by atoms with Gasteiger partial charge in [-0.3, -0.25) is 10.3 Å². The zero-order valence-electron chi connectivity index (χ0n) is 7.02. The third-order valence-electron chi connectivity index (χ3n) is 1.69. The predicted molar refractivity (Wildman–Crippen MR) is 44.4 cm³/mol. The number of nitrogens with zero attached hydrogens (tertiary/aromatic N) is 1. The first-order valence-electron chi connectivity index (χ1n) is 3.86. The molecule has 0 spiro atoms. The molecule has 1 rings (SSSR count). The van der Waals surface area contributed by atoms with E-state index >= 15 is 0 Å². The van der Waals surface area contributed by atoms with Crippen LogP contribution in [0.3, 0.4) is 0 Å². The molecule has 1 N–H and O–H groups in total. The van der Waals surface area contributed by atoms with E-state index in [-0.39, 0.29) is 5.41 Å². The van der Waals surface area contributed by atoms with Crippen LogP contribution in [0.15, 0.2) is 4.99 Å². The Hall–Kier alpha value is -0.370. The van der Waals surface area contributed by atoms with Gasteiger partial charge in [0.05, 0.1) is 0 Å². The molecular weight excluding hydrogens is 124 g/mol. The average Bonchev–Trinajstić information content (AvgIpc) is 1.88. The molecule has 1 atom stereocenters. The summed E-state index contributed by atoms with van der Waals surface area (Å²) < 4.78 is 0. The Morgan fingerprint density at radius 3 is 2.50 bits per heavy atom. The van der Waals surface area contributed by atoms with Crippen LogP contribution in [0.1, 0.15) is 27.2 Å². The molecule has 0 amide bonds. The zero-order valence-corrected chi connectivity index (χ0v) is 7.02. The van der Waals surface area contributed by atoms with Gasteiger partial charge >= 0.3 is 0 Å². The molecule has 1 heterocycles. The van der Waals surface area contributed by atoms with Crippen molar-refractivity contribution in [2.45, 2.75) is 33.4 Å². The molecule has 1 aliphatic rings. The molecular formula is C8H16N2. The summed E-state index contributed by atoms with van der Waals surface area (Å²) in [5, 5.41) is 3.36. The number of nitrogens with one attached hydrogen (secondary N) is 1. The van der Waals surface area contributed by atoms with Gasteiger partial charge < -0.3 is 0 Å². The van der Waals surface area contributed by atoms with Gasteiger partial charge in [-0.15, -0.1) is 0 Å². The highest BCUT2D eigenvalue weighted by atomic mass is 15.1. The molecule has 0 bridgehead atoms. The highest BCUT2D eigenvalue weighted by molar-refractivity contribution is 5.58. The first-order valence-corrected chi connectivity index (χ1v) is 3.86. The van der Waals surface area contributed by atoms with E-state index in [1.165, 1.54) is 0 Å². The van der Waals surface area contributed by atoms with Gasteiger partial charge in [0.15, 0.2) is 0 Å². The Bertz CT molecular complexity index is 133. The Balaban J connectivity index is 2.55. The lowest BCUT2D eigenvalue weighted by atomic mass is 9.92. The topological polar surface area (TPSA) is 24.4 Å². The summed E-state index contributed by atoms with van der Waals surface area (Å²) in [6, 6.07) is 0. The summed E-state index contributed by atoms with van der Waals surface area (Å²) in [4.78, 5) is 4.36. The molecule has 0 aromatic rings. The first kappa shape index (κ1) is 7.73. The van der Waals surface area contributed by atoms with Gasteiger partial charge in [0.25, 0.3) is 0 Å². The van der Waals surface area contributed by atoms with Crippen LogP contribution in [0.25, 0.3) is 0 Å². The van der Waals surface area contributed by atoms with Gasteiger partial charge in [-0.2, -0.15) is 0 Å². The molecule has 1 unspecified atom stereocenters. The highest BCUT2D eigenvalue weighted by Gasteiger charge is 2.23. The van der Waals surface area contributed by atoms with Gasteiger partial charge in [0.1, 0.15) is 6.17 Å². The summed E-state index contributed by atoms with van der Waals surface area (Å²) in [5.74, 6) is 0. The standard InChI is InChI=1S/C8H16N2/c1-8(2,3)7-9-5-4-6-10-7/h5,7,10H,4,6H2,1-3H3. The van der Waals surface area contributed by atoms with Crippen LogP contribution in [0.4, 0.5) is 0 Å². The van der Waals surface area contributed by atoms with Crippen molar-refractivity contribution < 1.29 is 0 Å². The monoisotopic (exact) mass is 140 g/mol. The number of hydrogen-bond acceptors (Lipinski definition) is 2. The summed E-state index contributed by atoms with van der Waals surface area (Å²) >= 11 is 0. The van der Waals surface area contributed by atoms with E-state index < -0.39 is 0 Å². The molecule has 0 saturated carbocycles. The fourth-order valence-electron chi connectivity index (χ4n) is 1.05. The maximum atomic E-state index is 4.36. The van der Waals surface area contributed by atoms with Crippen LogP contribution >= 0.6 is 0 Å². The van der Waals surface area contributed by atoms with Crippen molar-refractivity contribution in [3.8, 4) is 0 Å². The van der Waals surface area contributed by atoms with Crippen molar-refractivity contribution in [1.82, 2.24) is 5.32 Å². The third-order valence-corrected chi connectivity index (χ3v) is 1.69. The van der Waals surface area contributed by atoms with Crippen molar-refractivity contribution in [2.24, 2.45) is 10.4 Å². The molecule has 58 valence electrons. The second-order valence-corrected chi connectivity index (χ2v) is 3.84. The lowest BCUT2D eigenvalue weighted by molar-refractivity contribution is 0.273. The molecule has 0 aromatic carbocycles. The lowest BCUT2D eigenvalue weighted by Crippen LogP contribution is -2.41. The minimum absolute atomic E-state index is 0.261. The van der Waals surface area contributed by atoms with Crippen LogP contribution in [0.2, 0.25) is 0 Å². The highest BCUT2D eigenvalue weighted by Crippen LogP contribution is 2.20. The Labute approximate surface area is 62.7 Å². The number of aliphatic imine (C=N–C) groups is 1. The van der Waals surface area contributed by atoms with Crippen LogP contribution in [0.5, 0.6) is 0 Å². The van der Waals surface area contributed by atoms with E-state index in [9.17, 15) is 0 Å². The summed E-state index contributed by atoms with van der Waals surface area (Å²) in [6.45, 7) is 7.68. The summed E-state index contributed by atoms with van der Waals surface area (Å²) in [7, 11) is 0. The molecule has 0 saturated heterocycles. The van der Waals surface area contributed by atoms with E-state index in [0.29, 0.717) is 6.17 Å². The van der Waals surface area contributed by atoms with Gasteiger partial charge in [0.2, 0.25) is 0 Å². The quantitative estimate of drug-likeness (QED) is 0.540. The molecule has 10 heavy (non-hydrogen) atoms. The Kier molecular flexibility index (Phi) is 2.09. The van der Waals surface area contributed by atoms with Crippen molar-refractivity contribution in [3.63, 3.8) is 0 Å². The fourth-order valence-corrected chi connectivity index (χ4v) is 1.05. The molecule has 2 nitrogen and oxygen atoms in total. The normalized spacial score (nSPS) is 26.9. The minimum atomic E-state index is 0.261. The zero-order chi connectivity index (χ0) is 7.61. The smallest absolute Gasteiger partial charge is 0.104 e. The fraction of sp³-hybridized carbons (Fsp3) is 0.875. The van der Waals surface area contributed by atoms with Crippen molar-refractivity contribution in [2.75, 3.05) is 6.54 Å². The molecule has 0 aliphatic carbocycles. The largest absolute Gasteiger partial charge is 0.295 e. The SMILES string of the molecule is CC(C)(C)C1N=CCCN1. The maximum absolute atomic E-state index is 4.36. The Morgan fingerprint density at radius 2 is 2.20 bits per heavy atom. The van der Waals surface area contributed by atoms with Crippen molar-refractivity contribution in [3.05, 3.63) is 0 Å². The average molecular weight is 140 g/mol. The van der Waals surface area contributed by atoms with Crippen LogP contribution < -0.4 is 5.32 Å². The first-order chi connectivity index (χ1) is 4.61. The van der Waals surface area contributed by atoms with E-state index in [2.05, 4.69) is 31.1 Å². The molecule has 1 aliphatic heterocycles. The predicted octanol–water partition coefficient (Wildman–Crippen LogP) is 1.42. The van der Waals surface area contributed by atoms with Crippen LogP contribution in [0, 0.1) is 5.41 Å². The Morgan fingerprint density at radius 1 is 1.50 bits per heavy atom. The lowest BCUT2D eigenvalue weighted by Gasteiger charge is -2.30. The maximum Gasteiger partial charge on any atom is 0.104 e. The molecule has 0 radical (unpaired) electrons. The summed E-state index contributed by atoms with van der Waals surface area (Å²) in [6.07, 6.45) is 3.42. The molecule has 2 heteroatoms. The van der Waals surface area contributed by atoms with Gasteiger partial charge in [-0.25, -0.2) is 0 Å². The molecule has 0 aromatic heterocycles. The van der Waals surface area contributed by atoms with E-state index in [4.69, 9.17) is 0 Å². The van der Waals surface area contributed by atoms with E-state index in [1.807, 2.05) is 6.21 Å². The summed E-state index contributed by atoms with van der Waals surface area (Å²) in [5.41, 5.74) is 0.261. The van der Waals surface area contributed by atoms with Gasteiger partial charge in [0, 0.05) is 12.8 Å². The van der Waals surface area contributed by atoms with Crippen LogP contribution in [-0.2, 0) is 0 Å². The number of rotatable bonds is 0. The van der Waals surface area contributed by atoms with E-state index in [1.54, 1.807) is 0 Å². The van der Waals surface area contributed by atoms with Gasteiger partial charge in [-0.05, 0) is 11.8 Å². The van der Waals surface area contributed by atoms with Crippen molar-refractivity contribution in [1.29, 1.82) is 0 Å².